The summed E-state index contributed by atoms with van der Waals surface area (Å²) in [5, 5.41) is 10.1. The summed E-state index contributed by atoms with van der Waals surface area (Å²) in [5.74, 6) is 4.22. The SMILES string of the molecule is C[C@@]12CCC[C@H]1[C@@H]1[C@H](CO)CC3CCCC[C@]3(C)[C@H]1CC2. The molecule has 1 unspecified atom stereocenters. The summed E-state index contributed by atoms with van der Waals surface area (Å²) >= 11 is 0. The van der Waals surface area contributed by atoms with Gasteiger partial charge in [-0.2, -0.15) is 0 Å². The summed E-state index contributed by atoms with van der Waals surface area (Å²) in [6, 6.07) is 0. The van der Waals surface area contributed by atoms with Gasteiger partial charge in [0.05, 0.1) is 0 Å². The van der Waals surface area contributed by atoms with Crippen LogP contribution in [-0.2, 0) is 0 Å². The lowest BCUT2D eigenvalue weighted by atomic mass is 9.43. The zero-order valence-electron chi connectivity index (χ0n) is 14.1. The molecular weight excluding hydrogens is 256 g/mol. The molecule has 120 valence electrons. The van der Waals surface area contributed by atoms with Gasteiger partial charge in [0.15, 0.2) is 0 Å². The quantitative estimate of drug-likeness (QED) is 0.718. The van der Waals surface area contributed by atoms with Gasteiger partial charge in [0, 0.05) is 6.61 Å². The van der Waals surface area contributed by atoms with Crippen LogP contribution in [0.15, 0.2) is 0 Å². The van der Waals surface area contributed by atoms with Gasteiger partial charge in [0.2, 0.25) is 0 Å². The van der Waals surface area contributed by atoms with Gasteiger partial charge in [-0.3, -0.25) is 0 Å². The molecule has 1 nitrogen and oxygen atoms in total. The Morgan fingerprint density at radius 3 is 2.57 bits per heavy atom. The maximum absolute atomic E-state index is 10.1. The fourth-order valence-electron chi connectivity index (χ4n) is 7.64. The second kappa shape index (κ2) is 4.98. The third-order valence-electron chi connectivity index (χ3n) is 8.78. The van der Waals surface area contributed by atoms with Crippen LogP contribution in [0.1, 0.15) is 78.1 Å². The van der Waals surface area contributed by atoms with E-state index >= 15 is 0 Å². The normalized spacial score (nSPS) is 56.4. The smallest absolute Gasteiger partial charge is 0.0462 e. The van der Waals surface area contributed by atoms with E-state index in [0.29, 0.717) is 23.4 Å². The van der Waals surface area contributed by atoms with Crippen molar-refractivity contribution in [2.75, 3.05) is 6.61 Å². The summed E-state index contributed by atoms with van der Waals surface area (Å²) in [5.41, 5.74) is 1.23. The maximum Gasteiger partial charge on any atom is 0.0462 e. The minimum atomic E-state index is 0.459. The van der Waals surface area contributed by atoms with E-state index in [1.54, 1.807) is 0 Å². The van der Waals surface area contributed by atoms with Crippen LogP contribution < -0.4 is 0 Å². The van der Waals surface area contributed by atoms with Crippen molar-refractivity contribution in [2.45, 2.75) is 78.1 Å². The van der Waals surface area contributed by atoms with Gasteiger partial charge in [-0.25, -0.2) is 0 Å². The van der Waals surface area contributed by atoms with Crippen LogP contribution in [0.25, 0.3) is 0 Å². The third kappa shape index (κ3) is 1.98. The van der Waals surface area contributed by atoms with Crippen molar-refractivity contribution >= 4 is 0 Å². The predicted octanol–water partition coefficient (Wildman–Crippen LogP) is 5.03. The summed E-state index contributed by atoms with van der Waals surface area (Å²) in [6.45, 7) is 5.67. The Hall–Kier alpha value is -0.0400. The van der Waals surface area contributed by atoms with Crippen LogP contribution in [0.5, 0.6) is 0 Å². The molecule has 0 spiro atoms. The Labute approximate surface area is 130 Å². The average molecular weight is 290 g/mol. The van der Waals surface area contributed by atoms with Crippen molar-refractivity contribution in [3.8, 4) is 0 Å². The number of aliphatic hydroxyl groups excluding tert-OH is 1. The van der Waals surface area contributed by atoms with Gasteiger partial charge in [-0.1, -0.05) is 33.1 Å². The van der Waals surface area contributed by atoms with Crippen molar-refractivity contribution in [3.63, 3.8) is 0 Å². The second-order valence-corrected chi connectivity index (χ2v) is 9.50. The summed E-state index contributed by atoms with van der Waals surface area (Å²) < 4.78 is 0. The van der Waals surface area contributed by atoms with E-state index in [-0.39, 0.29) is 0 Å². The molecule has 1 N–H and O–H groups in total. The molecule has 4 fully saturated rings. The van der Waals surface area contributed by atoms with Crippen molar-refractivity contribution in [1.29, 1.82) is 0 Å². The Kier molecular flexibility index (Phi) is 3.45. The molecule has 0 aliphatic heterocycles. The zero-order valence-corrected chi connectivity index (χ0v) is 14.1. The average Bonchev–Trinajstić information content (AvgIpc) is 2.87. The van der Waals surface area contributed by atoms with Crippen LogP contribution in [0.2, 0.25) is 0 Å². The standard InChI is InChI=1S/C20H34O/c1-19-9-5-7-16(19)18-14(13-21)12-15-6-3-4-10-20(15,2)17(18)8-11-19/h14-18,21H,3-13H2,1-2H3/t14-,15?,16-,17-,18-,19-,20-/m0/s1. The van der Waals surface area contributed by atoms with Gasteiger partial charge < -0.3 is 5.11 Å². The fraction of sp³-hybridized carbons (Fsp3) is 1.00. The molecule has 4 aliphatic rings. The van der Waals surface area contributed by atoms with Gasteiger partial charge >= 0.3 is 0 Å². The minimum Gasteiger partial charge on any atom is -0.396 e. The van der Waals surface area contributed by atoms with Gasteiger partial charge in [-0.15, -0.1) is 0 Å². The summed E-state index contributed by atoms with van der Waals surface area (Å²) in [7, 11) is 0. The van der Waals surface area contributed by atoms with Gasteiger partial charge in [-0.05, 0) is 85.4 Å². The number of rotatable bonds is 1. The first-order valence-corrected chi connectivity index (χ1v) is 9.69. The highest BCUT2D eigenvalue weighted by molar-refractivity contribution is 5.08. The Morgan fingerprint density at radius 2 is 1.76 bits per heavy atom. The third-order valence-corrected chi connectivity index (χ3v) is 8.78. The molecule has 0 amide bonds. The molecule has 0 aromatic carbocycles. The predicted molar refractivity (Wildman–Crippen MR) is 86.9 cm³/mol. The van der Waals surface area contributed by atoms with E-state index in [1.807, 2.05) is 0 Å². The van der Waals surface area contributed by atoms with E-state index in [0.717, 1.165) is 23.7 Å². The second-order valence-electron chi connectivity index (χ2n) is 9.50. The Morgan fingerprint density at radius 1 is 0.905 bits per heavy atom. The number of hydrogen-bond acceptors (Lipinski definition) is 1. The lowest BCUT2D eigenvalue weighted by Gasteiger charge is -2.62. The van der Waals surface area contributed by atoms with E-state index in [4.69, 9.17) is 0 Å². The maximum atomic E-state index is 10.1. The monoisotopic (exact) mass is 290 g/mol. The number of fused-ring (bicyclic) bond motifs is 5. The highest BCUT2D eigenvalue weighted by Crippen LogP contribution is 2.67. The summed E-state index contributed by atoms with van der Waals surface area (Å²) in [4.78, 5) is 0. The van der Waals surface area contributed by atoms with Crippen molar-refractivity contribution < 1.29 is 5.11 Å². The zero-order chi connectivity index (χ0) is 14.7. The topological polar surface area (TPSA) is 20.2 Å². The molecule has 0 heterocycles. The van der Waals surface area contributed by atoms with Crippen LogP contribution in [-0.4, -0.2) is 11.7 Å². The molecule has 4 rings (SSSR count). The van der Waals surface area contributed by atoms with Crippen molar-refractivity contribution in [3.05, 3.63) is 0 Å². The van der Waals surface area contributed by atoms with E-state index in [2.05, 4.69) is 13.8 Å². The Bertz CT molecular complexity index is 405. The number of aliphatic hydroxyl groups is 1. The largest absolute Gasteiger partial charge is 0.396 e. The lowest BCUT2D eigenvalue weighted by molar-refractivity contribution is -0.140. The molecular formula is C20H34O. The highest BCUT2D eigenvalue weighted by atomic mass is 16.3. The number of hydrogen-bond donors (Lipinski definition) is 1. The van der Waals surface area contributed by atoms with Crippen LogP contribution in [0, 0.1) is 40.4 Å². The molecule has 0 bridgehead atoms. The molecule has 0 aromatic heterocycles. The molecule has 0 saturated heterocycles. The molecule has 4 saturated carbocycles. The fourth-order valence-corrected chi connectivity index (χ4v) is 7.64. The van der Waals surface area contributed by atoms with Crippen LogP contribution in [0.3, 0.4) is 0 Å². The van der Waals surface area contributed by atoms with Crippen molar-refractivity contribution in [1.82, 2.24) is 0 Å². The molecule has 0 aromatic rings. The highest BCUT2D eigenvalue weighted by Gasteiger charge is 2.59. The first-order valence-electron chi connectivity index (χ1n) is 9.69. The molecule has 0 radical (unpaired) electrons. The van der Waals surface area contributed by atoms with Crippen molar-refractivity contribution in [2.24, 2.45) is 40.4 Å². The molecule has 7 atom stereocenters. The van der Waals surface area contributed by atoms with E-state index in [1.165, 1.54) is 64.2 Å². The first-order chi connectivity index (χ1) is 10.1. The molecule has 21 heavy (non-hydrogen) atoms. The van der Waals surface area contributed by atoms with E-state index < -0.39 is 0 Å². The van der Waals surface area contributed by atoms with Crippen LogP contribution in [0.4, 0.5) is 0 Å². The molecule has 1 heteroatoms. The van der Waals surface area contributed by atoms with E-state index in [9.17, 15) is 5.11 Å². The molecule has 4 aliphatic carbocycles. The van der Waals surface area contributed by atoms with Crippen LogP contribution >= 0.6 is 0 Å². The van der Waals surface area contributed by atoms with Gasteiger partial charge in [0.25, 0.3) is 0 Å². The first kappa shape index (κ1) is 14.5. The lowest BCUT2D eigenvalue weighted by Crippen LogP contribution is -2.55. The van der Waals surface area contributed by atoms with Gasteiger partial charge in [0.1, 0.15) is 0 Å². The minimum absolute atomic E-state index is 0.459. The summed E-state index contributed by atoms with van der Waals surface area (Å²) in [6.07, 6.45) is 14.4. The Balaban J connectivity index is 1.70.